The van der Waals surface area contributed by atoms with Crippen molar-refractivity contribution < 1.29 is 19.2 Å². The summed E-state index contributed by atoms with van der Waals surface area (Å²) in [6.07, 6.45) is 0. The lowest BCUT2D eigenvalue weighted by atomic mass is 10.1. The summed E-state index contributed by atoms with van der Waals surface area (Å²) < 4.78 is 0. The van der Waals surface area contributed by atoms with Crippen molar-refractivity contribution in [1.29, 1.82) is 0 Å². The Hall–Kier alpha value is -3.68. The zero-order valence-electron chi connectivity index (χ0n) is 15.2. The van der Waals surface area contributed by atoms with Crippen molar-refractivity contribution in [1.82, 2.24) is 10.9 Å². The molecular weight excluding hydrogens is 348 g/mol. The highest BCUT2D eigenvalue weighted by Crippen LogP contribution is 2.19. The van der Waals surface area contributed by atoms with Crippen molar-refractivity contribution in [2.45, 2.75) is 20.8 Å². The molecule has 0 bridgehead atoms. The predicted molar refractivity (Wildman–Crippen MR) is 101 cm³/mol. The van der Waals surface area contributed by atoms with Crippen LogP contribution >= 0.6 is 0 Å². The van der Waals surface area contributed by atoms with Crippen LogP contribution in [0, 0.1) is 6.92 Å². The van der Waals surface area contributed by atoms with E-state index in [2.05, 4.69) is 21.5 Å². The number of hydrogen-bond acceptors (Lipinski definition) is 4. The standard InChI is InChI=1S/C19H20N4O4/c1-11-6-4-5-7-17(11)19(27)23-22-18(26)14-8-15(20-12(2)24)10-16(9-14)21-13(3)25/h4-10H,1-3H3,(H,20,24)(H,21,25)(H,22,26)(H,23,27). The van der Waals surface area contributed by atoms with Gasteiger partial charge < -0.3 is 10.6 Å². The third-order valence-corrected chi connectivity index (χ3v) is 3.52. The highest BCUT2D eigenvalue weighted by atomic mass is 16.2. The molecule has 0 unspecified atom stereocenters. The van der Waals surface area contributed by atoms with E-state index in [1.807, 2.05) is 6.07 Å². The molecular formula is C19H20N4O4. The second kappa shape index (κ2) is 8.61. The quantitative estimate of drug-likeness (QED) is 0.618. The molecule has 0 aliphatic carbocycles. The molecule has 0 saturated carbocycles. The van der Waals surface area contributed by atoms with E-state index in [9.17, 15) is 19.2 Å². The molecule has 8 heteroatoms. The van der Waals surface area contributed by atoms with Crippen molar-refractivity contribution in [3.8, 4) is 0 Å². The Bertz CT molecular complexity index is 874. The molecule has 2 aromatic carbocycles. The maximum Gasteiger partial charge on any atom is 0.269 e. The lowest BCUT2D eigenvalue weighted by molar-refractivity contribution is -0.115. The van der Waals surface area contributed by atoms with Crippen molar-refractivity contribution in [3.63, 3.8) is 0 Å². The molecule has 140 valence electrons. The number of carbonyl (C=O) groups is 4. The van der Waals surface area contributed by atoms with Gasteiger partial charge >= 0.3 is 0 Å². The highest BCUT2D eigenvalue weighted by Gasteiger charge is 2.13. The Morgan fingerprint density at radius 1 is 0.741 bits per heavy atom. The number of benzene rings is 2. The molecule has 0 atom stereocenters. The van der Waals surface area contributed by atoms with Gasteiger partial charge in [0.25, 0.3) is 11.8 Å². The summed E-state index contributed by atoms with van der Waals surface area (Å²) in [4.78, 5) is 47.1. The fourth-order valence-electron chi connectivity index (χ4n) is 2.39. The molecule has 4 amide bonds. The monoisotopic (exact) mass is 368 g/mol. The van der Waals surface area contributed by atoms with Crippen LogP contribution in [0.2, 0.25) is 0 Å². The number of amides is 4. The van der Waals surface area contributed by atoms with E-state index in [4.69, 9.17) is 0 Å². The average molecular weight is 368 g/mol. The Morgan fingerprint density at radius 3 is 1.78 bits per heavy atom. The van der Waals surface area contributed by atoms with Gasteiger partial charge in [-0.1, -0.05) is 18.2 Å². The summed E-state index contributed by atoms with van der Waals surface area (Å²) in [5.41, 5.74) is 6.69. The Kier molecular flexibility index (Phi) is 6.27. The molecule has 2 rings (SSSR count). The van der Waals surface area contributed by atoms with Crippen LogP contribution < -0.4 is 21.5 Å². The number of hydrogen-bond donors (Lipinski definition) is 4. The number of anilines is 2. The topological polar surface area (TPSA) is 116 Å². The van der Waals surface area contributed by atoms with Gasteiger partial charge in [-0.05, 0) is 36.8 Å². The van der Waals surface area contributed by atoms with Gasteiger partial charge in [0, 0.05) is 36.3 Å². The fourth-order valence-corrected chi connectivity index (χ4v) is 2.39. The highest BCUT2D eigenvalue weighted by molar-refractivity contribution is 6.02. The maximum atomic E-state index is 12.4. The van der Waals surface area contributed by atoms with E-state index in [1.165, 1.54) is 32.0 Å². The van der Waals surface area contributed by atoms with Gasteiger partial charge in [0.15, 0.2) is 0 Å². The molecule has 0 saturated heterocycles. The third kappa shape index (κ3) is 5.67. The van der Waals surface area contributed by atoms with Gasteiger partial charge in [-0.25, -0.2) is 0 Å². The van der Waals surface area contributed by atoms with Crippen LogP contribution in [0.25, 0.3) is 0 Å². The molecule has 0 fully saturated rings. The third-order valence-electron chi connectivity index (χ3n) is 3.52. The lowest BCUT2D eigenvalue weighted by Crippen LogP contribution is -2.41. The minimum Gasteiger partial charge on any atom is -0.326 e. The number of aryl methyl sites for hydroxylation is 1. The molecule has 0 heterocycles. The van der Waals surface area contributed by atoms with Crippen LogP contribution in [0.4, 0.5) is 11.4 Å². The van der Waals surface area contributed by atoms with Gasteiger partial charge in [0.05, 0.1) is 0 Å². The maximum absolute atomic E-state index is 12.4. The lowest BCUT2D eigenvalue weighted by Gasteiger charge is -2.12. The van der Waals surface area contributed by atoms with Crippen molar-refractivity contribution in [2.24, 2.45) is 0 Å². The zero-order chi connectivity index (χ0) is 20.0. The van der Waals surface area contributed by atoms with E-state index >= 15 is 0 Å². The average Bonchev–Trinajstić information content (AvgIpc) is 2.58. The van der Waals surface area contributed by atoms with Gasteiger partial charge in [-0.2, -0.15) is 0 Å². The molecule has 0 spiro atoms. The molecule has 0 aliphatic rings. The smallest absolute Gasteiger partial charge is 0.269 e. The van der Waals surface area contributed by atoms with Crippen LogP contribution in [0.3, 0.4) is 0 Å². The zero-order valence-corrected chi connectivity index (χ0v) is 15.2. The Morgan fingerprint density at radius 2 is 1.26 bits per heavy atom. The van der Waals surface area contributed by atoms with Gasteiger partial charge in [-0.15, -0.1) is 0 Å². The molecule has 0 radical (unpaired) electrons. The van der Waals surface area contributed by atoms with Crippen LogP contribution in [0.15, 0.2) is 42.5 Å². The van der Waals surface area contributed by atoms with Gasteiger partial charge in [0.2, 0.25) is 11.8 Å². The summed E-state index contributed by atoms with van der Waals surface area (Å²) in [6, 6.07) is 11.3. The Balaban J connectivity index is 2.16. The predicted octanol–water partition coefficient (Wildman–Crippen LogP) is 1.99. The van der Waals surface area contributed by atoms with E-state index in [1.54, 1.807) is 25.1 Å². The Labute approximate surface area is 156 Å². The second-order valence-electron chi connectivity index (χ2n) is 5.88. The molecule has 27 heavy (non-hydrogen) atoms. The van der Waals surface area contributed by atoms with Gasteiger partial charge in [-0.3, -0.25) is 30.0 Å². The first kappa shape index (κ1) is 19.6. The van der Waals surface area contributed by atoms with Gasteiger partial charge in [0.1, 0.15) is 0 Å². The minimum atomic E-state index is -0.601. The van der Waals surface area contributed by atoms with Crippen molar-refractivity contribution >= 4 is 35.0 Å². The first-order valence-corrected chi connectivity index (χ1v) is 8.13. The summed E-state index contributed by atoms with van der Waals surface area (Å²) >= 11 is 0. The summed E-state index contributed by atoms with van der Waals surface area (Å²) in [6.45, 7) is 4.44. The molecule has 2 aromatic rings. The second-order valence-corrected chi connectivity index (χ2v) is 5.88. The van der Waals surface area contributed by atoms with E-state index in [0.717, 1.165) is 5.56 Å². The van der Waals surface area contributed by atoms with E-state index < -0.39 is 11.8 Å². The minimum absolute atomic E-state index is 0.148. The van der Waals surface area contributed by atoms with Crippen LogP contribution in [-0.2, 0) is 9.59 Å². The van der Waals surface area contributed by atoms with Crippen LogP contribution in [-0.4, -0.2) is 23.6 Å². The normalized spacial score (nSPS) is 9.89. The van der Waals surface area contributed by atoms with E-state index in [0.29, 0.717) is 16.9 Å². The fraction of sp³-hybridized carbons (Fsp3) is 0.158. The molecule has 0 aromatic heterocycles. The number of nitrogens with one attached hydrogen (secondary N) is 4. The first-order valence-electron chi connectivity index (χ1n) is 8.13. The summed E-state index contributed by atoms with van der Waals surface area (Å²) in [5, 5.41) is 5.11. The molecule has 8 nitrogen and oxygen atoms in total. The SMILES string of the molecule is CC(=O)Nc1cc(NC(C)=O)cc(C(=O)NNC(=O)c2ccccc2C)c1. The molecule has 0 aliphatic heterocycles. The van der Waals surface area contributed by atoms with Crippen LogP contribution in [0.5, 0.6) is 0 Å². The van der Waals surface area contributed by atoms with Crippen LogP contribution in [0.1, 0.15) is 40.1 Å². The first-order chi connectivity index (χ1) is 12.8. The number of carbonyl (C=O) groups excluding carboxylic acids is 4. The largest absolute Gasteiger partial charge is 0.326 e. The van der Waals surface area contributed by atoms with Crippen molar-refractivity contribution in [2.75, 3.05) is 10.6 Å². The summed E-state index contributed by atoms with van der Waals surface area (Å²) in [5.74, 6) is -1.71. The van der Waals surface area contributed by atoms with Crippen molar-refractivity contribution in [3.05, 3.63) is 59.2 Å². The molecule has 4 N–H and O–H groups in total. The summed E-state index contributed by atoms with van der Waals surface area (Å²) in [7, 11) is 0. The number of rotatable bonds is 4. The van der Waals surface area contributed by atoms with E-state index in [-0.39, 0.29) is 17.4 Å². The number of hydrazine groups is 1.